The molecule has 6 heteroatoms. The number of nitrogens with one attached hydrogen (secondary N) is 1. The fourth-order valence-electron chi connectivity index (χ4n) is 1.81. The van der Waals surface area contributed by atoms with Crippen molar-refractivity contribution >= 4 is 18.2 Å². The smallest absolute Gasteiger partial charge is 0.342 e. The maximum absolute atomic E-state index is 13.6. The highest BCUT2D eigenvalue weighted by molar-refractivity contribution is 7.71. The molecule has 0 radical (unpaired) electrons. The van der Waals surface area contributed by atoms with Crippen LogP contribution in [0.4, 0.5) is 4.39 Å². The molecule has 0 saturated heterocycles. The minimum atomic E-state index is -0.544. The molecule has 0 atom stereocenters. The molecule has 1 aromatic heterocycles. The Morgan fingerprint density at radius 3 is 2.65 bits per heavy atom. The highest BCUT2D eigenvalue weighted by Crippen LogP contribution is 2.20. The first kappa shape index (κ1) is 14.3. The number of hydrogen-bond acceptors (Lipinski definition) is 4. The molecule has 0 spiro atoms. The van der Waals surface area contributed by atoms with Gasteiger partial charge >= 0.3 is 5.97 Å². The Kier molecular flexibility index (Phi) is 3.94. The number of carbonyl (C=O) groups excluding carboxylic acids is 1. The minimum absolute atomic E-state index is 0.129. The van der Waals surface area contributed by atoms with Gasteiger partial charge in [0.25, 0.3) is 0 Å². The third-order valence-corrected chi connectivity index (χ3v) is 3.24. The van der Waals surface area contributed by atoms with Gasteiger partial charge in [0, 0.05) is 11.3 Å². The van der Waals surface area contributed by atoms with Crippen molar-refractivity contribution in [1.82, 2.24) is 9.97 Å². The van der Waals surface area contributed by atoms with Crippen LogP contribution < -0.4 is 0 Å². The van der Waals surface area contributed by atoms with Gasteiger partial charge in [0.1, 0.15) is 21.8 Å². The van der Waals surface area contributed by atoms with Gasteiger partial charge in [-0.25, -0.2) is 14.2 Å². The Morgan fingerprint density at radius 1 is 1.40 bits per heavy atom. The van der Waals surface area contributed by atoms with Crippen molar-refractivity contribution in [3.8, 4) is 11.4 Å². The van der Waals surface area contributed by atoms with Gasteiger partial charge in [-0.3, -0.25) is 0 Å². The van der Waals surface area contributed by atoms with E-state index in [1.165, 1.54) is 13.2 Å². The average molecular weight is 292 g/mol. The van der Waals surface area contributed by atoms with Gasteiger partial charge in [-0.15, -0.1) is 0 Å². The van der Waals surface area contributed by atoms with Crippen LogP contribution in [0.15, 0.2) is 18.2 Å². The Balaban J connectivity index is 2.57. The SMILES string of the molecule is COC(=O)c1c(C)[nH]c(-c2ccc(C)c(F)c2)nc1=S. The molecule has 2 rings (SSSR count). The molecule has 4 nitrogen and oxygen atoms in total. The van der Waals surface area contributed by atoms with Gasteiger partial charge in [-0.1, -0.05) is 24.4 Å². The van der Waals surface area contributed by atoms with Crippen LogP contribution in [0.1, 0.15) is 21.6 Å². The van der Waals surface area contributed by atoms with E-state index >= 15 is 0 Å². The molecule has 104 valence electrons. The molecular weight excluding hydrogens is 279 g/mol. The number of ether oxygens (including phenoxy) is 1. The lowest BCUT2D eigenvalue weighted by Gasteiger charge is -2.08. The van der Waals surface area contributed by atoms with Gasteiger partial charge in [-0.05, 0) is 25.5 Å². The van der Waals surface area contributed by atoms with Crippen molar-refractivity contribution in [2.24, 2.45) is 0 Å². The molecule has 0 bridgehead atoms. The molecule has 0 saturated carbocycles. The lowest BCUT2D eigenvalue weighted by Crippen LogP contribution is -2.09. The zero-order chi connectivity index (χ0) is 14.9. The highest BCUT2D eigenvalue weighted by atomic mass is 32.1. The van der Waals surface area contributed by atoms with Crippen molar-refractivity contribution in [2.45, 2.75) is 13.8 Å². The van der Waals surface area contributed by atoms with Crippen LogP contribution in [-0.2, 0) is 4.74 Å². The van der Waals surface area contributed by atoms with E-state index in [1.54, 1.807) is 26.0 Å². The predicted octanol–water partition coefficient (Wildman–Crippen LogP) is 3.35. The highest BCUT2D eigenvalue weighted by Gasteiger charge is 2.15. The molecule has 2 aromatic rings. The van der Waals surface area contributed by atoms with E-state index in [-0.39, 0.29) is 16.0 Å². The second kappa shape index (κ2) is 5.50. The van der Waals surface area contributed by atoms with Crippen molar-refractivity contribution < 1.29 is 13.9 Å². The molecule has 1 N–H and O–H groups in total. The Bertz CT molecular complexity index is 740. The van der Waals surface area contributed by atoms with E-state index in [1.807, 2.05) is 0 Å². The monoisotopic (exact) mass is 292 g/mol. The van der Waals surface area contributed by atoms with E-state index in [2.05, 4.69) is 14.7 Å². The van der Waals surface area contributed by atoms with Crippen LogP contribution in [0.3, 0.4) is 0 Å². The topological polar surface area (TPSA) is 55.0 Å². The quantitative estimate of drug-likeness (QED) is 0.681. The number of carbonyl (C=O) groups is 1. The van der Waals surface area contributed by atoms with E-state index in [0.29, 0.717) is 22.6 Å². The van der Waals surface area contributed by atoms with Gasteiger partial charge in [-0.2, -0.15) is 0 Å². The second-order valence-electron chi connectivity index (χ2n) is 4.35. The summed E-state index contributed by atoms with van der Waals surface area (Å²) in [5.41, 5.74) is 1.88. The summed E-state index contributed by atoms with van der Waals surface area (Å²) in [6.07, 6.45) is 0. The normalized spacial score (nSPS) is 10.4. The summed E-state index contributed by atoms with van der Waals surface area (Å²) in [5, 5.41) is 0. The van der Waals surface area contributed by atoms with Crippen LogP contribution >= 0.6 is 12.2 Å². The summed E-state index contributed by atoms with van der Waals surface area (Å²) in [4.78, 5) is 18.7. The zero-order valence-electron chi connectivity index (χ0n) is 11.3. The molecule has 0 aliphatic heterocycles. The summed E-state index contributed by atoms with van der Waals surface area (Å²) in [7, 11) is 1.28. The van der Waals surface area contributed by atoms with Crippen LogP contribution in [0.2, 0.25) is 0 Å². The van der Waals surface area contributed by atoms with Gasteiger partial charge in [0.2, 0.25) is 0 Å². The molecule has 0 aliphatic rings. The minimum Gasteiger partial charge on any atom is -0.465 e. The Labute approximate surface area is 120 Å². The van der Waals surface area contributed by atoms with E-state index in [9.17, 15) is 9.18 Å². The van der Waals surface area contributed by atoms with Gasteiger partial charge in [0.05, 0.1) is 7.11 Å². The first-order valence-corrected chi connectivity index (χ1v) is 6.30. The van der Waals surface area contributed by atoms with Crippen LogP contribution in [0.25, 0.3) is 11.4 Å². The van der Waals surface area contributed by atoms with Crippen molar-refractivity contribution in [3.63, 3.8) is 0 Å². The number of rotatable bonds is 2. The number of benzene rings is 1. The van der Waals surface area contributed by atoms with Gasteiger partial charge < -0.3 is 9.72 Å². The van der Waals surface area contributed by atoms with Crippen molar-refractivity contribution in [1.29, 1.82) is 0 Å². The molecule has 20 heavy (non-hydrogen) atoms. The molecule has 0 unspecified atom stereocenters. The summed E-state index contributed by atoms with van der Waals surface area (Å²) >= 11 is 5.10. The number of H-pyrrole nitrogens is 1. The number of nitrogens with zero attached hydrogens (tertiary/aromatic N) is 1. The standard InChI is InChI=1S/C14H13FN2O2S/c1-7-4-5-9(6-10(7)15)12-16-8(2)11(13(20)17-12)14(18)19-3/h4-6H,1-3H3,(H,16,17,20). The third kappa shape index (κ3) is 2.60. The fraction of sp³-hybridized carbons (Fsp3) is 0.214. The lowest BCUT2D eigenvalue weighted by molar-refractivity contribution is 0.0598. The second-order valence-corrected chi connectivity index (χ2v) is 4.73. The van der Waals surface area contributed by atoms with E-state index < -0.39 is 5.97 Å². The molecule has 0 fully saturated rings. The largest absolute Gasteiger partial charge is 0.465 e. The number of hydrogen-bond donors (Lipinski definition) is 1. The predicted molar refractivity (Wildman–Crippen MR) is 75.6 cm³/mol. The maximum Gasteiger partial charge on any atom is 0.342 e. The van der Waals surface area contributed by atoms with E-state index in [4.69, 9.17) is 12.2 Å². The third-order valence-electron chi connectivity index (χ3n) is 2.94. The summed E-state index contributed by atoms with van der Waals surface area (Å²) in [5.74, 6) is -0.449. The van der Waals surface area contributed by atoms with Crippen molar-refractivity contribution in [3.05, 3.63) is 45.5 Å². The number of esters is 1. The summed E-state index contributed by atoms with van der Waals surface area (Å²) in [6, 6.07) is 4.77. The number of halogens is 1. The number of aromatic nitrogens is 2. The molecule has 0 aliphatic carbocycles. The molecule has 1 aromatic carbocycles. The first-order valence-electron chi connectivity index (χ1n) is 5.89. The molecule has 1 heterocycles. The van der Waals surface area contributed by atoms with Gasteiger partial charge in [0.15, 0.2) is 0 Å². The van der Waals surface area contributed by atoms with Crippen LogP contribution in [0, 0.1) is 24.3 Å². The fourth-order valence-corrected chi connectivity index (χ4v) is 2.13. The lowest BCUT2D eigenvalue weighted by atomic mass is 10.1. The van der Waals surface area contributed by atoms with Crippen LogP contribution in [-0.4, -0.2) is 23.0 Å². The first-order chi connectivity index (χ1) is 9.43. The average Bonchev–Trinajstić information content (AvgIpc) is 2.40. The Hall–Kier alpha value is -2.08. The zero-order valence-corrected chi connectivity index (χ0v) is 12.1. The number of aryl methyl sites for hydroxylation is 2. The Morgan fingerprint density at radius 2 is 2.10 bits per heavy atom. The van der Waals surface area contributed by atoms with Crippen LogP contribution in [0.5, 0.6) is 0 Å². The summed E-state index contributed by atoms with van der Waals surface area (Å²) in [6.45, 7) is 3.37. The van der Waals surface area contributed by atoms with E-state index in [0.717, 1.165) is 0 Å². The molecular formula is C14H13FN2O2S. The maximum atomic E-state index is 13.6. The van der Waals surface area contributed by atoms with Crippen molar-refractivity contribution in [2.75, 3.05) is 7.11 Å². The molecule has 0 amide bonds. The number of methoxy groups -OCH3 is 1. The number of aromatic amines is 1. The summed E-state index contributed by atoms with van der Waals surface area (Å²) < 4.78 is 18.4.